The van der Waals surface area contributed by atoms with E-state index in [0.717, 1.165) is 0 Å². The maximum atomic E-state index is 13.1. The lowest BCUT2D eigenvalue weighted by Crippen LogP contribution is -2.44. The van der Waals surface area contributed by atoms with Crippen molar-refractivity contribution < 1.29 is 28.7 Å². The Morgan fingerprint density at radius 3 is 1.50 bits per heavy atom. The average molecular weight is 507 g/mol. The van der Waals surface area contributed by atoms with Gasteiger partial charge in [0.2, 0.25) is 0 Å². The molecule has 2 unspecified atom stereocenters. The van der Waals surface area contributed by atoms with Gasteiger partial charge >= 0.3 is 11.9 Å². The first kappa shape index (κ1) is 27.1. The van der Waals surface area contributed by atoms with Crippen LogP contribution in [-0.4, -0.2) is 84.0 Å². The summed E-state index contributed by atoms with van der Waals surface area (Å²) >= 11 is 2.75. The second kappa shape index (κ2) is 13.6. The third kappa shape index (κ3) is 6.94. The predicted molar refractivity (Wildman–Crippen MR) is 131 cm³/mol. The second-order valence-electron chi connectivity index (χ2n) is 6.81. The van der Waals surface area contributed by atoms with Gasteiger partial charge < -0.3 is 20.1 Å². The van der Waals surface area contributed by atoms with Crippen LogP contribution in [0.25, 0.3) is 11.4 Å². The molecule has 182 valence electrons. The number of nitrogens with one attached hydrogen (secondary N) is 2. The van der Waals surface area contributed by atoms with Crippen molar-refractivity contribution in [3.05, 3.63) is 47.8 Å². The van der Waals surface area contributed by atoms with Crippen LogP contribution >= 0.6 is 23.5 Å². The first-order valence-corrected chi connectivity index (χ1v) is 12.8. The van der Waals surface area contributed by atoms with Crippen molar-refractivity contribution in [1.82, 2.24) is 20.6 Å². The average Bonchev–Trinajstić information content (AvgIpc) is 2.87. The van der Waals surface area contributed by atoms with Crippen LogP contribution in [0.2, 0.25) is 0 Å². The summed E-state index contributed by atoms with van der Waals surface area (Å²) in [4.78, 5) is 58.7. The van der Waals surface area contributed by atoms with Crippen molar-refractivity contribution in [1.29, 1.82) is 0 Å². The summed E-state index contributed by atoms with van der Waals surface area (Å²) in [6, 6.07) is 4.45. The third-order valence-corrected chi connectivity index (χ3v) is 5.91. The number of methoxy groups -OCH3 is 2. The molecule has 2 amide bonds. The highest BCUT2D eigenvalue weighted by Gasteiger charge is 2.27. The summed E-state index contributed by atoms with van der Waals surface area (Å²) in [7, 11) is 2.49. The molecule has 2 aromatic heterocycles. The Kier molecular flexibility index (Phi) is 10.8. The molecule has 0 fully saturated rings. The first-order valence-electron chi connectivity index (χ1n) is 10.0. The zero-order valence-electron chi connectivity index (χ0n) is 19.2. The van der Waals surface area contributed by atoms with Gasteiger partial charge in [0, 0.05) is 23.9 Å². The number of hydrogen-bond donors (Lipinski definition) is 2. The fraction of sp³-hybridized carbons (Fsp3) is 0.364. The number of esters is 2. The molecule has 0 saturated carbocycles. The number of ether oxygens (including phenoxy) is 2. The minimum Gasteiger partial charge on any atom is -0.467 e. The Labute approximate surface area is 206 Å². The number of pyridine rings is 2. The summed E-state index contributed by atoms with van der Waals surface area (Å²) in [5, 5.41) is 5.30. The Morgan fingerprint density at radius 2 is 1.18 bits per heavy atom. The molecule has 0 bridgehead atoms. The van der Waals surface area contributed by atoms with E-state index in [0.29, 0.717) is 11.5 Å². The van der Waals surface area contributed by atoms with E-state index in [9.17, 15) is 19.2 Å². The molecule has 10 nitrogen and oxygen atoms in total. The molecule has 0 spiro atoms. The minimum absolute atomic E-state index is 0.124. The van der Waals surface area contributed by atoms with Gasteiger partial charge in [-0.05, 0) is 36.8 Å². The van der Waals surface area contributed by atoms with Gasteiger partial charge in [-0.3, -0.25) is 19.6 Å². The zero-order chi connectivity index (χ0) is 25.1. The SMILES string of the molecule is COC(=O)C(CSC)NC(=O)c1cccnc1-c1ncccc1C(=O)NC(CSC)C(=O)OC. The molecule has 12 heteroatoms. The van der Waals surface area contributed by atoms with E-state index < -0.39 is 35.8 Å². The zero-order valence-corrected chi connectivity index (χ0v) is 20.8. The molecule has 2 atom stereocenters. The van der Waals surface area contributed by atoms with Crippen molar-refractivity contribution in [3.63, 3.8) is 0 Å². The van der Waals surface area contributed by atoms with E-state index >= 15 is 0 Å². The molecule has 34 heavy (non-hydrogen) atoms. The van der Waals surface area contributed by atoms with E-state index in [1.54, 1.807) is 24.6 Å². The second-order valence-corrected chi connectivity index (χ2v) is 8.63. The predicted octanol–water partition coefficient (Wildman–Crippen LogP) is 1.41. The number of thioether (sulfide) groups is 2. The van der Waals surface area contributed by atoms with Gasteiger partial charge in [0.15, 0.2) is 0 Å². The monoisotopic (exact) mass is 506 g/mol. The van der Waals surface area contributed by atoms with Crippen LogP contribution in [0.15, 0.2) is 36.7 Å². The Bertz CT molecular complexity index is 954. The Hall–Kier alpha value is -3.12. The van der Waals surface area contributed by atoms with Gasteiger partial charge in [-0.2, -0.15) is 23.5 Å². The normalized spacial score (nSPS) is 12.2. The van der Waals surface area contributed by atoms with E-state index in [1.807, 2.05) is 0 Å². The number of carbonyl (C=O) groups is 4. The summed E-state index contributed by atoms with van der Waals surface area (Å²) in [5.74, 6) is -1.66. The van der Waals surface area contributed by atoms with Crippen molar-refractivity contribution in [2.24, 2.45) is 0 Å². The molecule has 0 aliphatic heterocycles. The highest BCUT2D eigenvalue weighted by molar-refractivity contribution is 7.98. The number of amides is 2. The van der Waals surface area contributed by atoms with Gasteiger partial charge in [-0.25, -0.2) is 9.59 Å². The standard InChI is InChI=1S/C22H26N4O6S2/c1-31-21(29)15(11-33-3)25-19(27)13-7-5-9-23-17(13)18-14(8-6-10-24-18)20(28)26-16(12-34-4)22(30)32-2/h5-10,15-16H,11-12H2,1-4H3,(H,25,27)(H,26,28). The van der Waals surface area contributed by atoms with Crippen molar-refractivity contribution >= 4 is 47.3 Å². The van der Waals surface area contributed by atoms with E-state index in [-0.39, 0.29) is 22.5 Å². The van der Waals surface area contributed by atoms with Gasteiger partial charge in [0.25, 0.3) is 11.8 Å². The van der Waals surface area contributed by atoms with E-state index in [4.69, 9.17) is 9.47 Å². The van der Waals surface area contributed by atoms with Crippen LogP contribution in [0.3, 0.4) is 0 Å². The molecule has 2 rings (SSSR count). The fourth-order valence-electron chi connectivity index (χ4n) is 2.98. The number of nitrogens with zero attached hydrogens (tertiary/aromatic N) is 2. The molecule has 2 heterocycles. The summed E-state index contributed by atoms with van der Waals surface area (Å²) < 4.78 is 9.53. The van der Waals surface area contributed by atoms with Gasteiger partial charge in [0.05, 0.1) is 25.3 Å². The van der Waals surface area contributed by atoms with Crippen LogP contribution in [0.5, 0.6) is 0 Å². The lowest BCUT2D eigenvalue weighted by Gasteiger charge is -2.18. The maximum Gasteiger partial charge on any atom is 0.329 e. The fourth-order valence-corrected chi connectivity index (χ4v) is 4.09. The largest absolute Gasteiger partial charge is 0.467 e. The minimum atomic E-state index is -0.862. The van der Waals surface area contributed by atoms with Crippen molar-refractivity contribution in [2.45, 2.75) is 12.1 Å². The Morgan fingerprint density at radius 1 is 0.794 bits per heavy atom. The molecule has 0 radical (unpaired) electrons. The lowest BCUT2D eigenvalue weighted by molar-refractivity contribution is -0.143. The molecule has 2 aromatic rings. The van der Waals surface area contributed by atoms with Gasteiger partial charge in [-0.15, -0.1) is 0 Å². The third-order valence-electron chi connectivity index (χ3n) is 4.58. The lowest BCUT2D eigenvalue weighted by atomic mass is 10.0. The van der Waals surface area contributed by atoms with Crippen LogP contribution in [0, 0.1) is 0 Å². The van der Waals surface area contributed by atoms with Crippen LogP contribution in [0.1, 0.15) is 20.7 Å². The van der Waals surface area contributed by atoms with Crippen LogP contribution < -0.4 is 10.6 Å². The molecule has 0 aliphatic carbocycles. The number of hydrogen-bond acceptors (Lipinski definition) is 10. The highest BCUT2D eigenvalue weighted by Crippen LogP contribution is 2.23. The number of rotatable bonds is 11. The summed E-state index contributed by atoms with van der Waals surface area (Å²) in [6.07, 6.45) is 6.53. The summed E-state index contributed by atoms with van der Waals surface area (Å²) in [6.45, 7) is 0. The molecule has 0 saturated heterocycles. The topological polar surface area (TPSA) is 137 Å². The number of aromatic nitrogens is 2. The molecule has 0 aromatic carbocycles. The molecular formula is C22H26N4O6S2. The first-order chi connectivity index (χ1) is 16.4. The van der Waals surface area contributed by atoms with Crippen molar-refractivity contribution in [2.75, 3.05) is 38.2 Å². The maximum absolute atomic E-state index is 13.1. The molecule has 0 aliphatic rings. The summed E-state index contributed by atoms with van der Waals surface area (Å²) in [5.41, 5.74) is 0.550. The number of carbonyl (C=O) groups excluding carboxylic acids is 4. The van der Waals surface area contributed by atoms with Gasteiger partial charge in [-0.1, -0.05) is 0 Å². The van der Waals surface area contributed by atoms with Gasteiger partial charge in [0.1, 0.15) is 23.5 Å². The van der Waals surface area contributed by atoms with E-state index in [1.165, 1.54) is 62.3 Å². The molecular weight excluding hydrogens is 480 g/mol. The van der Waals surface area contributed by atoms with E-state index in [2.05, 4.69) is 20.6 Å². The Balaban J connectivity index is 2.42. The molecule has 2 N–H and O–H groups in total. The van der Waals surface area contributed by atoms with Crippen molar-refractivity contribution in [3.8, 4) is 11.4 Å². The van der Waals surface area contributed by atoms with Crippen LogP contribution in [0.4, 0.5) is 0 Å². The quantitative estimate of drug-likeness (QED) is 0.431. The smallest absolute Gasteiger partial charge is 0.329 e. The highest BCUT2D eigenvalue weighted by atomic mass is 32.2. The van der Waals surface area contributed by atoms with Crippen LogP contribution in [-0.2, 0) is 19.1 Å².